The third-order valence-electron chi connectivity index (χ3n) is 3.44. The topological polar surface area (TPSA) is 24.1 Å². The first-order valence-corrected chi connectivity index (χ1v) is 7.00. The monoisotopic (exact) mass is 292 g/mol. The summed E-state index contributed by atoms with van der Waals surface area (Å²) in [7, 11) is 0. The van der Waals surface area contributed by atoms with Crippen LogP contribution in [0.5, 0.6) is 0 Å². The summed E-state index contributed by atoms with van der Waals surface area (Å²) in [5.41, 5.74) is 8.99. The van der Waals surface area contributed by atoms with Crippen LogP contribution in [0.3, 0.4) is 0 Å². The Balaban J connectivity index is 1.79. The van der Waals surface area contributed by atoms with Crippen molar-refractivity contribution in [3.05, 3.63) is 69.7 Å². The highest BCUT2D eigenvalue weighted by atomic mass is 35.5. The summed E-state index contributed by atoms with van der Waals surface area (Å²) in [6.07, 6.45) is 0.964. The lowest BCUT2D eigenvalue weighted by molar-refractivity contribution is 0.555. The fourth-order valence-electron chi connectivity index (χ4n) is 2.45. The van der Waals surface area contributed by atoms with Crippen LogP contribution in [-0.2, 0) is 0 Å². The molecule has 19 heavy (non-hydrogen) atoms. The average molecular weight is 293 g/mol. The fraction of sp³-hybridized carbons (Fsp3) is 0.200. The van der Waals surface area contributed by atoms with E-state index in [0.29, 0.717) is 16.1 Å². The van der Waals surface area contributed by atoms with Crippen molar-refractivity contribution in [3.8, 4) is 0 Å². The van der Waals surface area contributed by atoms with Crippen LogP contribution in [-0.4, -0.2) is 0 Å². The van der Waals surface area contributed by atoms with E-state index in [9.17, 15) is 0 Å². The maximum Gasteiger partial charge on any atom is 0.0496 e. The molecule has 2 aromatic rings. The van der Waals surface area contributed by atoms with Gasteiger partial charge in [-0.15, -0.1) is 0 Å². The van der Waals surface area contributed by atoms with Crippen molar-refractivity contribution >= 4 is 23.2 Å². The number of hydrogen-bond acceptors (Lipinski definition) is 2. The van der Waals surface area contributed by atoms with E-state index in [1.807, 2.05) is 18.2 Å². The molecule has 2 nitrogen and oxygen atoms in total. The number of nitrogens with one attached hydrogen (secondary N) is 2. The molecule has 2 atom stereocenters. The highest BCUT2D eigenvalue weighted by Gasteiger charge is 2.27. The second-order valence-corrected chi connectivity index (χ2v) is 5.55. The minimum atomic E-state index is 0.204. The number of halogens is 2. The van der Waals surface area contributed by atoms with Crippen LogP contribution in [0.2, 0.25) is 10.0 Å². The highest BCUT2D eigenvalue weighted by molar-refractivity contribution is 6.35. The molecule has 2 N–H and O–H groups in total. The van der Waals surface area contributed by atoms with Gasteiger partial charge in [0.1, 0.15) is 0 Å². The zero-order valence-electron chi connectivity index (χ0n) is 10.2. The molecule has 0 bridgehead atoms. The number of hydrogen-bond donors (Lipinski definition) is 2. The molecular formula is C15H14Cl2N2. The molecule has 0 aliphatic carbocycles. The van der Waals surface area contributed by atoms with Crippen molar-refractivity contribution in [2.75, 3.05) is 0 Å². The average Bonchev–Trinajstić information content (AvgIpc) is 2.89. The van der Waals surface area contributed by atoms with E-state index in [1.54, 1.807) is 6.07 Å². The molecule has 1 aliphatic heterocycles. The molecule has 0 saturated carbocycles. The predicted octanol–water partition coefficient (Wildman–Crippen LogP) is 4.27. The molecule has 98 valence electrons. The lowest BCUT2D eigenvalue weighted by Crippen LogP contribution is -2.26. The molecule has 0 radical (unpaired) electrons. The van der Waals surface area contributed by atoms with Gasteiger partial charge in [0.2, 0.25) is 0 Å². The lowest BCUT2D eigenvalue weighted by atomic mass is 9.98. The molecular weight excluding hydrogens is 279 g/mol. The molecule has 1 aliphatic rings. The van der Waals surface area contributed by atoms with Gasteiger partial charge < -0.3 is 0 Å². The summed E-state index contributed by atoms with van der Waals surface area (Å²) >= 11 is 12.2. The summed E-state index contributed by atoms with van der Waals surface area (Å²) in [6.45, 7) is 0. The zero-order chi connectivity index (χ0) is 13.2. The standard InChI is InChI=1S/C15H14Cl2N2/c16-11-6-7-12(13(17)8-11)15-9-14(18-19-15)10-4-2-1-3-5-10/h1-8,14-15,18-19H,9H2. The summed E-state index contributed by atoms with van der Waals surface area (Å²) < 4.78 is 0. The number of hydrazine groups is 1. The molecule has 1 heterocycles. The van der Waals surface area contributed by atoms with Gasteiger partial charge in [0, 0.05) is 22.1 Å². The minimum Gasteiger partial charge on any atom is -0.250 e. The quantitative estimate of drug-likeness (QED) is 0.864. The molecule has 3 rings (SSSR count). The largest absolute Gasteiger partial charge is 0.250 e. The first-order valence-electron chi connectivity index (χ1n) is 6.25. The Morgan fingerprint density at radius 1 is 0.895 bits per heavy atom. The second kappa shape index (κ2) is 5.51. The van der Waals surface area contributed by atoms with E-state index in [0.717, 1.165) is 12.0 Å². The number of rotatable bonds is 2. The van der Waals surface area contributed by atoms with Crippen molar-refractivity contribution in [1.29, 1.82) is 0 Å². The van der Waals surface area contributed by atoms with E-state index >= 15 is 0 Å². The van der Waals surface area contributed by atoms with Gasteiger partial charge in [-0.3, -0.25) is 0 Å². The summed E-state index contributed by atoms with van der Waals surface area (Å²) in [5.74, 6) is 0. The normalized spacial score (nSPS) is 22.6. The minimum absolute atomic E-state index is 0.204. The van der Waals surface area contributed by atoms with Gasteiger partial charge in [0.05, 0.1) is 0 Å². The smallest absolute Gasteiger partial charge is 0.0496 e. The van der Waals surface area contributed by atoms with Crippen molar-refractivity contribution in [2.24, 2.45) is 0 Å². The van der Waals surface area contributed by atoms with Crippen LogP contribution in [0.25, 0.3) is 0 Å². The third kappa shape index (κ3) is 2.77. The molecule has 0 aromatic heterocycles. The van der Waals surface area contributed by atoms with Crippen molar-refractivity contribution in [1.82, 2.24) is 10.9 Å². The Hall–Kier alpha value is -1.06. The van der Waals surface area contributed by atoms with E-state index in [-0.39, 0.29) is 6.04 Å². The lowest BCUT2D eigenvalue weighted by Gasteiger charge is -2.12. The third-order valence-corrected chi connectivity index (χ3v) is 4.01. The first-order chi connectivity index (χ1) is 9.24. The maximum absolute atomic E-state index is 6.25. The zero-order valence-corrected chi connectivity index (χ0v) is 11.7. The molecule has 0 spiro atoms. The van der Waals surface area contributed by atoms with E-state index in [2.05, 4.69) is 35.1 Å². The SMILES string of the molecule is Clc1ccc(C2CC(c3ccccc3)NN2)c(Cl)c1. The van der Waals surface area contributed by atoms with Crippen molar-refractivity contribution in [2.45, 2.75) is 18.5 Å². The van der Waals surface area contributed by atoms with Gasteiger partial charge in [-0.2, -0.15) is 0 Å². The maximum atomic E-state index is 6.25. The van der Waals surface area contributed by atoms with Gasteiger partial charge in [-0.1, -0.05) is 59.6 Å². The van der Waals surface area contributed by atoms with Crippen LogP contribution in [0.4, 0.5) is 0 Å². The van der Waals surface area contributed by atoms with Crippen LogP contribution >= 0.6 is 23.2 Å². The van der Waals surface area contributed by atoms with Gasteiger partial charge >= 0.3 is 0 Å². The van der Waals surface area contributed by atoms with Gasteiger partial charge in [-0.05, 0) is 29.7 Å². The Kier molecular flexibility index (Phi) is 3.76. The van der Waals surface area contributed by atoms with Crippen LogP contribution < -0.4 is 10.9 Å². The Morgan fingerprint density at radius 2 is 1.63 bits per heavy atom. The van der Waals surface area contributed by atoms with Crippen LogP contribution in [0.1, 0.15) is 29.6 Å². The van der Waals surface area contributed by atoms with E-state index < -0.39 is 0 Å². The predicted molar refractivity (Wildman–Crippen MR) is 79.3 cm³/mol. The summed E-state index contributed by atoms with van der Waals surface area (Å²) in [4.78, 5) is 0. The van der Waals surface area contributed by atoms with Gasteiger partial charge in [-0.25, -0.2) is 10.9 Å². The van der Waals surface area contributed by atoms with Crippen molar-refractivity contribution in [3.63, 3.8) is 0 Å². The molecule has 4 heteroatoms. The first kappa shape index (κ1) is 12.9. The molecule has 1 saturated heterocycles. The summed E-state index contributed by atoms with van der Waals surface area (Å²) in [5, 5.41) is 1.37. The Bertz CT molecular complexity index is 572. The van der Waals surface area contributed by atoms with Gasteiger partial charge in [0.15, 0.2) is 0 Å². The molecule has 2 aromatic carbocycles. The Morgan fingerprint density at radius 3 is 2.37 bits per heavy atom. The second-order valence-electron chi connectivity index (χ2n) is 4.71. The number of benzene rings is 2. The van der Waals surface area contributed by atoms with Crippen molar-refractivity contribution < 1.29 is 0 Å². The van der Waals surface area contributed by atoms with E-state index in [4.69, 9.17) is 23.2 Å². The fourth-order valence-corrected chi connectivity index (χ4v) is 2.99. The molecule has 2 unspecified atom stereocenters. The summed E-state index contributed by atoms with van der Waals surface area (Å²) in [6, 6.07) is 16.6. The Labute approximate surface area is 122 Å². The van der Waals surface area contributed by atoms with Gasteiger partial charge in [0.25, 0.3) is 0 Å². The molecule has 1 fully saturated rings. The van der Waals surface area contributed by atoms with Crippen LogP contribution in [0, 0.1) is 0 Å². The van der Waals surface area contributed by atoms with Crippen LogP contribution in [0.15, 0.2) is 48.5 Å². The van der Waals surface area contributed by atoms with E-state index in [1.165, 1.54) is 5.56 Å². The molecule has 0 amide bonds. The highest BCUT2D eigenvalue weighted by Crippen LogP contribution is 2.34.